The molecule has 0 saturated heterocycles. The van der Waals surface area contributed by atoms with E-state index in [1.54, 1.807) is 0 Å². The van der Waals surface area contributed by atoms with Gasteiger partial charge >= 0.3 is 0 Å². The van der Waals surface area contributed by atoms with Gasteiger partial charge < -0.3 is 10.2 Å². The van der Waals surface area contributed by atoms with Crippen LogP contribution in [-0.2, 0) is 0 Å². The van der Waals surface area contributed by atoms with E-state index in [4.69, 9.17) is 6.30 Å². The number of aliphatic hydroxyl groups is 2. The van der Waals surface area contributed by atoms with Gasteiger partial charge in [-0.2, -0.15) is 0 Å². The molecule has 24 heavy (non-hydrogen) atoms. The number of rotatable bonds is 8. The van der Waals surface area contributed by atoms with Crippen LogP contribution in [0, 0.1) is 23.2 Å². The molecule has 2 fully saturated rings. The number of hydrogen-bond donors (Lipinski definition) is 2. The van der Waals surface area contributed by atoms with E-state index in [0.29, 0.717) is 5.92 Å². The Morgan fingerprint density at radius 3 is 1.96 bits per heavy atom. The molecule has 0 heterocycles. The lowest BCUT2D eigenvalue weighted by atomic mass is 9.79. The smallest absolute Gasteiger partial charge is 0.129 e. The maximum absolute atomic E-state index is 11.6. The Balaban J connectivity index is 2.36. The molecule has 0 amide bonds. The van der Waals surface area contributed by atoms with Crippen molar-refractivity contribution in [1.82, 2.24) is 0 Å². The molecule has 2 rings (SSSR count). The van der Waals surface area contributed by atoms with Crippen LogP contribution in [0.2, 0.25) is 0 Å². The molecule has 4 unspecified atom stereocenters. The molecule has 5 heteroatoms. The third kappa shape index (κ3) is 3.17. The molecule has 2 aliphatic rings. The molecule has 2 nitrogen and oxygen atoms in total. The Hall–Kier alpha value is 0.560. The molecular weight excluding hydrogens is 353 g/mol. The van der Waals surface area contributed by atoms with E-state index in [1.807, 2.05) is 6.92 Å². The van der Waals surface area contributed by atoms with Gasteiger partial charge in [0.2, 0.25) is 0 Å². The Morgan fingerprint density at radius 1 is 1.17 bits per heavy atom. The van der Waals surface area contributed by atoms with Gasteiger partial charge in [-0.25, -0.2) is 0 Å². The first-order chi connectivity index (χ1) is 11.0. The van der Waals surface area contributed by atoms with E-state index >= 15 is 0 Å². The van der Waals surface area contributed by atoms with Gasteiger partial charge in [-0.05, 0) is 44.9 Å². The van der Waals surface area contributed by atoms with Crippen molar-refractivity contribution < 1.29 is 10.2 Å². The van der Waals surface area contributed by atoms with Crippen molar-refractivity contribution in [1.29, 1.82) is 0 Å². The third-order valence-electron chi connectivity index (χ3n) is 7.17. The summed E-state index contributed by atoms with van der Waals surface area (Å²) in [7, 11) is -0.610. The van der Waals surface area contributed by atoms with Gasteiger partial charge in [0.05, 0.1) is 39.1 Å². The first kappa shape index (κ1) is 20.9. The summed E-state index contributed by atoms with van der Waals surface area (Å²) < 4.78 is 0. The quantitative estimate of drug-likeness (QED) is 0.596. The van der Waals surface area contributed by atoms with Crippen molar-refractivity contribution >= 4 is 40.9 Å². The van der Waals surface area contributed by atoms with E-state index in [-0.39, 0.29) is 38.2 Å². The first-order valence-corrected chi connectivity index (χ1v) is 15.4. The van der Waals surface area contributed by atoms with Crippen molar-refractivity contribution in [2.45, 2.75) is 52.5 Å². The SMILES string of the molecule is C=[P+](CC)CP(=C)(C[P+](=C)CC)C(O)[C@@]12CC1[C@@H](C)[C@](C)(O)[C@@H]2C. The number of aliphatic hydroxyl groups excluding tert-OH is 1. The molecule has 0 radical (unpaired) electrons. The minimum Gasteiger partial charge on any atom is -0.390 e. The minimum absolute atomic E-state index is 0.105. The zero-order chi connectivity index (χ0) is 18.5. The lowest BCUT2D eigenvalue weighted by Gasteiger charge is -2.38. The maximum atomic E-state index is 11.6. The third-order valence-corrected chi connectivity index (χ3v) is 18.2. The summed E-state index contributed by atoms with van der Waals surface area (Å²) in [6.45, 7) is 8.90. The Labute approximate surface area is 151 Å². The summed E-state index contributed by atoms with van der Waals surface area (Å²) in [4.78, 5) is 0. The molecule has 0 bridgehead atoms. The van der Waals surface area contributed by atoms with Gasteiger partial charge in [0, 0.05) is 12.3 Å². The monoisotopic (exact) mass is 390 g/mol. The zero-order valence-corrected chi connectivity index (χ0v) is 18.9. The molecule has 2 saturated carbocycles. The molecule has 2 aliphatic carbocycles. The average molecular weight is 390 g/mol. The fourth-order valence-electron chi connectivity index (χ4n) is 5.03. The van der Waals surface area contributed by atoms with Gasteiger partial charge in [-0.15, -0.1) is 0 Å². The van der Waals surface area contributed by atoms with Crippen LogP contribution in [0.1, 0.15) is 41.0 Å². The molecule has 0 aromatic heterocycles. The van der Waals surface area contributed by atoms with E-state index < -0.39 is 12.5 Å². The fraction of sp³-hybridized carbons (Fsp3) is 0.842. The summed E-state index contributed by atoms with van der Waals surface area (Å²) >= 11 is 0. The lowest BCUT2D eigenvalue weighted by molar-refractivity contribution is -0.0433. The lowest BCUT2D eigenvalue weighted by Crippen LogP contribution is -2.41. The van der Waals surface area contributed by atoms with Crippen molar-refractivity contribution in [2.75, 3.05) is 24.1 Å². The number of hydrogen-bond acceptors (Lipinski definition) is 2. The van der Waals surface area contributed by atoms with Gasteiger partial charge in [-0.3, -0.25) is 0 Å². The van der Waals surface area contributed by atoms with Crippen LogP contribution in [0.4, 0.5) is 0 Å². The van der Waals surface area contributed by atoms with Crippen LogP contribution < -0.4 is 0 Å². The van der Waals surface area contributed by atoms with E-state index in [1.165, 1.54) is 0 Å². The summed E-state index contributed by atoms with van der Waals surface area (Å²) in [5, 5.41) is 22.6. The molecule has 0 aliphatic heterocycles. The van der Waals surface area contributed by atoms with E-state index in [9.17, 15) is 10.2 Å². The second-order valence-corrected chi connectivity index (χ2v) is 17.6. The Kier molecular flexibility index (Phi) is 6.04. The normalized spacial score (nSPS) is 42.9. The Bertz CT molecular complexity index is 561. The molecular formula is C19H37O2P3+2. The van der Waals surface area contributed by atoms with Crippen LogP contribution in [0.5, 0.6) is 0 Å². The largest absolute Gasteiger partial charge is 0.390 e. The summed E-state index contributed by atoms with van der Waals surface area (Å²) in [6, 6.07) is 0. The summed E-state index contributed by atoms with van der Waals surface area (Å²) in [6.07, 6.45) is 16.7. The van der Waals surface area contributed by atoms with Gasteiger partial charge in [0.15, 0.2) is 0 Å². The second kappa shape index (κ2) is 6.94. The minimum atomic E-state index is -1.77. The predicted octanol–water partition coefficient (Wildman–Crippen LogP) is 4.58. The first-order valence-electron chi connectivity index (χ1n) is 9.19. The zero-order valence-electron chi connectivity index (χ0n) is 16.2. The van der Waals surface area contributed by atoms with Crippen LogP contribution in [0.25, 0.3) is 0 Å². The summed E-state index contributed by atoms with van der Waals surface area (Å²) in [5.74, 6) is 2.54. The average Bonchev–Trinajstić information content (AvgIpc) is 3.24. The van der Waals surface area contributed by atoms with Crippen LogP contribution >= 0.6 is 22.0 Å². The highest BCUT2D eigenvalue weighted by Gasteiger charge is 2.75. The molecule has 138 valence electrons. The summed E-state index contributed by atoms with van der Waals surface area (Å²) in [5.41, 5.74) is -0.777. The van der Waals surface area contributed by atoms with Gasteiger partial charge in [0.1, 0.15) is 24.1 Å². The predicted molar refractivity (Wildman–Crippen MR) is 118 cm³/mol. The highest BCUT2D eigenvalue weighted by Crippen LogP contribution is 2.79. The Morgan fingerprint density at radius 2 is 1.62 bits per heavy atom. The highest BCUT2D eigenvalue weighted by molar-refractivity contribution is 7.89. The second-order valence-electron chi connectivity index (χ2n) is 8.51. The van der Waals surface area contributed by atoms with E-state index in [0.717, 1.165) is 30.6 Å². The van der Waals surface area contributed by atoms with E-state index in [2.05, 4.69) is 40.3 Å². The van der Waals surface area contributed by atoms with Crippen LogP contribution in [-0.4, -0.2) is 64.7 Å². The van der Waals surface area contributed by atoms with Crippen molar-refractivity contribution in [3.05, 3.63) is 0 Å². The molecule has 0 aromatic carbocycles. The highest BCUT2D eigenvalue weighted by atomic mass is 31.2. The molecule has 0 spiro atoms. The fourth-order valence-corrected chi connectivity index (χ4v) is 16.9. The molecule has 2 N–H and O–H groups in total. The molecule has 0 aromatic rings. The van der Waals surface area contributed by atoms with Crippen LogP contribution in [0.15, 0.2) is 0 Å². The topological polar surface area (TPSA) is 40.5 Å². The van der Waals surface area contributed by atoms with Crippen molar-refractivity contribution in [3.8, 4) is 0 Å². The molecule has 8 atom stereocenters. The van der Waals surface area contributed by atoms with Crippen molar-refractivity contribution in [2.24, 2.45) is 23.2 Å². The number of fused-ring (bicyclic) bond motifs is 1. The maximum Gasteiger partial charge on any atom is 0.129 e. The van der Waals surface area contributed by atoms with Crippen molar-refractivity contribution in [3.63, 3.8) is 0 Å². The standard InChI is InChI=1S/C19H37O2P3/c1-9-22(6)12-24(8,13-23(7)10-2)17(20)19-11-16(19)14(3)18(5,21)15(19)4/h14-17,20-21H,6-13H2,1-5H3/q+2/t14-,15+,16?,17?,18+,19-/m1/s1. The van der Waals surface area contributed by atoms with Gasteiger partial charge in [0.25, 0.3) is 0 Å². The van der Waals surface area contributed by atoms with Crippen LogP contribution in [0.3, 0.4) is 0 Å². The van der Waals surface area contributed by atoms with Gasteiger partial charge in [-0.1, -0.05) is 20.1 Å².